The van der Waals surface area contributed by atoms with Gasteiger partial charge < -0.3 is 4.57 Å². The highest BCUT2D eigenvalue weighted by atomic mass is 15.1. The second-order valence-electron chi connectivity index (χ2n) is 5.48. The van der Waals surface area contributed by atoms with Gasteiger partial charge in [0, 0.05) is 13.2 Å². The maximum atomic E-state index is 4.78. The molecule has 0 fully saturated rings. The molecule has 4 nitrogen and oxygen atoms in total. The Bertz CT molecular complexity index is 931. The number of imidazole rings is 1. The molecule has 0 saturated heterocycles. The first-order valence-corrected chi connectivity index (χ1v) is 7.35. The number of hydrogen-bond acceptors (Lipinski definition) is 3. The van der Waals surface area contributed by atoms with Gasteiger partial charge in [-0.05, 0) is 37.1 Å². The number of hydrogen-bond donors (Lipinski definition) is 0. The van der Waals surface area contributed by atoms with E-state index < -0.39 is 0 Å². The third-order valence-corrected chi connectivity index (χ3v) is 4.05. The quantitative estimate of drug-likeness (QED) is 0.689. The number of aryl methyl sites for hydroxylation is 1. The third-order valence-electron chi connectivity index (χ3n) is 4.05. The molecule has 4 heteroatoms. The van der Waals surface area contributed by atoms with Crippen molar-refractivity contribution < 1.29 is 0 Å². The number of allylic oxidation sites excluding steroid dienone is 1. The standard InChI is InChI=1S/C18H16N4/c1-12-17-13(6-5-11-19-17)9-10-15(20-12)18-21-14-7-3-4-8-16(14)22(18)2/h3-8,10-11H,9H2,1-2H3. The molecule has 108 valence electrons. The predicted octanol–water partition coefficient (Wildman–Crippen LogP) is 3.37. The summed E-state index contributed by atoms with van der Waals surface area (Å²) in [7, 11) is 2.03. The van der Waals surface area contributed by atoms with Crippen LogP contribution in [0.4, 0.5) is 0 Å². The lowest BCUT2D eigenvalue weighted by Gasteiger charge is -2.03. The Hall–Kier alpha value is -2.75. The summed E-state index contributed by atoms with van der Waals surface area (Å²) in [6.07, 6.45) is 4.78. The van der Waals surface area contributed by atoms with Crippen molar-refractivity contribution in [1.82, 2.24) is 14.5 Å². The zero-order chi connectivity index (χ0) is 15.1. The molecule has 0 amide bonds. The van der Waals surface area contributed by atoms with Crippen LogP contribution >= 0.6 is 0 Å². The van der Waals surface area contributed by atoms with Crippen molar-refractivity contribution in [2.24, 2.45) is 12.0 Å². The highest BCUT2D eigenvalue weighted by molar-refractivity contribution is 6.02. The Morgan fingerprint density at radius 1 is 1.09 bits per heavy atom. The molecule has 0 unspecified atom stereocenters. The second kappa shape index (κ2) is 4.91. The molecular weight excluding hydrogens is 272 g/mol. The van der Waals surface area contributed by atoms with E-state index in [2.05, 4.69) is 27.8 Å². The van der Waals surface area contributed by atoms with Crippen molar-refractivity contribution in [3.8, 4) is 0 Å². The summed E-state index contributed by atoms with van der Waals surface area (Å²) >= 11 is 0. The van der Waals surface area contributed by atoms with Crippen molar-refractivity contribution in [1.29, 1.82) is 0 Å². The number of pyridine rings is 1. The van der Waals surface area contributed by atoms with Crippen LogP contribution in [0.15, 0.2) is 53.7 Å². The van der Waals surface area contributed by atoms with Gasteiger partial charge in [-0.25, -0.2) is 9.98 Å². The van der Waals surface area contributed by atoms with E-state index in [0.29, 0.717) is 0 Å². The van der Waals surface area contributed by atoms with Crippen LogP contribution < -0.4 is 0 Å². The van der Waals surface area contributed by atoms with Gasteiger partial charge in [0.05, 0.1) is 22.4 Å². The van der Waals surface area contributed by atoms with Crippen LogP contribution in [-0.4, -0.2) is 20.2 Å². The number of aliphatic imine (C=N–C) groups is 1. The highest BCUT2D eigenvalue weighted by Crippen LogP contribution is 2.25. The fourth-order valence-corrected chi connectivity index (χ4v) is 2.93. The lowest BCUT2D eigenvalue weighted by atomic mass is 10.1. The largest absolute Gasteiger partial charge is 0.326 e. The van der Waals surface area contributed by atoms with E-state index in [1.165, 1.54) is 5.56 Å². The molecule has 0 aliphatic carbocycles. The molecule has 0 spiro atoms. The van der Waals surface area contributed by atoms with Gasteiger partial charge >= 0.3 is 0 Å². The summed E-state index contributed by atoms with van der Waals surface area (Å²) in [5.41, 5.74) is 6.14. The summed E-state index contributed by atoms with van der Waals surface area (Å²) in [4.78, 5) is 14.0. The van der Waals surface area contributed by atoms with Crippen molar-refractivity contribution in [3.63, 3.8) is 0 Å². The van der Waals surface area contributed by atoms with Gasteiger partial charge in [0.2, 0.25) is 0 Å². The second-order valence-corrected chi connectivity index (χ2v) is 5.48. The van der Waals surface area contributed by atoms with E-state index in [4.69, 9.17) is 9.98 Å². The smallest absolute Gasteiger partial charge is 0.159 e. The van der Waals surface area contributed by atoms with Crippen LogP contribution in [-0.2, 0) is 13.5 Å². The SMILES string of the molecule is CC1=NC(c2nc3ccccc3n2C)=CCc2cccnc21. The molecule has 2 aromatic heterocycles. The molecule has 1 aliphatic heterocycles. The van der Waals surface area contributed by atoms with Crippen molar-refractivity contribution in [3.05, 3.63) is 65.8 Å². The zero-order valence-electron chi connectivity index (χ0n) is 12.6. The summed E-state index contributed by atoms with van der Waals surface area (Å²) in [5.74, 6) is 0.897. The maximum Gasteiger partial charge on any atom is 0.159 e. The average Bonchev–Trinajstić information content (AvgIpc) is 2.79. The third kappa shape index (κ3) is 1.96. The fraction of sp³-hybridized carbons (Fsp3) is 0.167. The predicted molar refractivity (Wildman–Crippen MR) is 88.8 cm³/mol. The van der Waals surface area contributed by atoms with Gasteiger partial charge in [0.25, 0.3) is 0 Å². The minimum atomic E-state index is 0.822. The molecule has 0 radical (unpaired) electrons. The van der Waals surface area contributed by atoms with Crippen LogP contribution in [0.1, 0.15) is 24.0 Å². The zero-order valence-corrected chi connectivity index (χ0v) is 12.6. The topological polar surface area (TPSA) is 43.1 Å². The first-order chi connectivity index (χ1) is 10.7. The van der Waals surface area contributed by atoms with Crippen molar-refractivity contribution >= 4 is 22.4 Å². The Morgan fingerprint density at radius 2 is 1.95 bits per heavy atom. The number of nitrogens with zero attached hydrogens (tertiary/aromatic N) is 4. The van der Waals surface area contributed by atoms with Crippen LogP contribution in [0.3, 0.4) is 0 Å². The van der Waals surface area contributed by atoms with Crippen LogP contribution in [0.5, 0.6) is 0 Å². The number of rotatable bonds is 1. The molecule has 0 N–H and O–H groups in total. The van der Waals surface area contributed by atoms with Crippen molar-refractivity contribution in [2.45, 2.75) is 13.3 Å². The minimum Gasteiger partial charge on any atom is -0.326 e. The Labute approximate surface area is 128 Å². The lowest BCUT2D eigenvalue weighted by Crippen LogP contribution is -2.02. The van der Waals surface area contributed by atoms with E-state index in [1.54, 1.807) is 0 Å². The van der Waals surface area contributed by atoms with Gasteiger partial charge in [0.1, 0.15) is 5.70 Å². The van der Waals surface area contributed by atoms with Gasteiger partial charge in [-0.3, -0.25) is 4.98 Å². The van der Waals surface area contributed by atoms with Crippen LogP contribution in [0.25, 0.3) is 16.7 Å². The monoisotopic (exact) mass is 288 g/mol. The van der Waals surface area contributed by atoms with E-state index in [-0.39, 0.29) is 0 Å². The van der Waals surface area contributed by atoms with Crippen molar-refractivity contribution in [2.75, 3.05) is 0 Å². The summed E-state index contributed by atoms with van der Waals surface area (Å²) in [6.45, 7) is 2.01. The summed E-state index contributed by atoms with van der Waals surface area (Å²) in [6, 6.07) is 12.2. The van der Waals surface area contributed by atoms with E-state index in [9.17, 15) is 0 Å². The Kier molecular flexibility index (Phi) is 2.89. The molecule has 0 atom stereocenters. The first-order valence-electron chi connectivity index (χ1n) is 7.35. The molecule has 3 aromatic rings. The fourth-order valence-electron chi connectivity index (χ4n) is 2.93. The van der Waals surface area contributed by atoms with Gasteiger partial charge in [-0.1, -0.05) is 24.3 Å². The van der Waals surface area contributed by atoms with E-state index >= 15 is 0 Å². The molecule has 3 heterocycles. The first kappa shape index (κ1) is 13.0. The maximum absolute atomic E-state index is 4.78. The van der Waals surface area contributed by atoms with Gasteiger partial charge in [-0.15, -0.1) is 0 Å². The van der Waals surface area contributed by atoms with Gasteiger partial charge in [-0.2, -0.15) is 0 Å². The molecule has 1 aromatic carbocycles. The summed E-state index contributed by atoms with van der Waals surface area (Å²) < 4.78 is 2.10. The molecule has 22 heavy (non-hydrogen) atoms. The van der Waals surface area contributed by atoms with E-state index in [1.807, 2.05) is 44.4 Å². The Morgan fingerprint density at radius 3 is 2.82 bits per heavy atom. The molecule has 4 rings (SSSR count). The summed E-state index contributed by atoms with van der Waals surface area (Å²) in [5, 5.41) is 0. The van der Waals surface area contributed by atoms with Crippen LogP contribution in [0.2, 0.25) is 0 Å². The highest BCUT2D eigenvalue weighted by Gasteiger charge is 2.16. The number of benzene rings is 1. The molecule has 0 saturated carbocycles. The normalized spacial score (nSPS) is 14.3. The molecule has 0 bridgehead atoms. The van der Waals surface area contributed by atoms with Gasteiger partial charge in [0.15, 0.2) is 5.82 Å². The number of aromatic nitrogens is 3. The van der Waals surface area contributed by atoms with E-state index in [0.717, 1.165) is 40.4 Å². The minimum absolute atomic E-state index is 0.822. The Balaban J connectivity index is 1.88. The average molecular weight is 288 g/mol. The number of fused-ring (bicyclic) bond motifs is 2. The molecule has 1 aliphatic rings. The number of para-hydroxylation sites is 2. The molecular formula is C18H16N4. The lowest BCUT2D eigenvalue weighted by molar-refractivity contribution is 0.916. The van der Waals surface area contributed by atoms with Crippen LogP contribution in [0, 0.1) is 0 Å².